The second-order valence-electron chi connectivity index (χ2n) is 5.28. The molecule has 0 atom stereocenters. The molecule has 1 heterocycles. The number of piperazine rings is 1. The first-order valence-corrected chi connectivity index (χ1v) is 7.18. The van der Waals surface area contributed by atoms with Gasteiger partial charge >= 0.3 is 6.18 Å². The molecule has 7 heteroatoms. The Hall–Kier alpha value is -1.60. The molecule has 1 saturated heterocycles. The van der Waals surface area contributed by atoms with Gasteiger partial charge in [-0.15, -0.1) is 0 Å². The molecular formula is C15H19F3N2O2. The SMILES string of the molecule is O=C(Cc1ccccc1C(F)(F)F)N1CCN(CCO)CC1. The van der Waals surface area contributed by atoms with Crippen LogP contribution < -0.4 is 0 Å². The van der Waals surface area contributed by atoms with Crippen LogP contribution in [0.25, 0.3) is 0 Å². The van der Waals surface area contributed by atoms with Gasteiger partial charge in [0, 0.05) is 32.7 Å². The van der Waals surface area contributed by atoms with Gasteiger partial charge in [0.25, 0.3) is 0 Å². The summed E-state index contributed by atoms with van der Waals surface area (Å²) >= 11 is 0. The Bertz CT molecular complexity index is 512. The van der Waals surface area contributed by atoms with Crippen molar-refractivity contribution in [1.82, 2.24) is 9.80 Å². The number of β-amino-alcohol motifs (C(OH)–C–C–N with tert-alkyl or cyclic N) is 1. The molecule has 0 saturated carbocycles. The number of aliphatic hydroxyl groups is 1. The summed E-state index contributed by atoms with van der Waals surface area (Å²) in [6, 6.07) is 5.19. The van der Waals surface area contributed by atoms with Crippen LogP contribution in [-0.4, -0.2) is 60.1 Å². The Morgan fingerprint density at radius 1 is 1.14 bits per heavy atom. The van der Waals surface area contributed by atoms with E-state index in [2.05, 4.69) is 0 Å². The van der Waals surface area contributed by atoms with E-state index in [4.69, 9.17) is 5.11 Å². The number of carbonyl (C=O) groups is 1. The van der Waals surface area contributed by atoms with E-state index in [0.717, 1.165) is 6.07 Å². The highest BCUT2D eigenvalue weighted by Gasteiger charge is 2.33. The van der Waals surface area contributed by atoms with Gasteiger partial charge in [0.2, 0.25) is 5.91 Å². The molecule has 0 radical (unpaired) electrons. The molecule has 122 valence electrons. The largest absolute Gasteiger partial charge is 0.416 e. The third kappa shape index (κ3) is 4.20. The molecule has 0 bridgehead atoms. The number of rotatable bonds is 4. The van der Waals surface area contributed by atoms with Crippen LogP contribution in [0, 0.1) is 0 Å². The predicted octanol–water partition coefficient (Wildman–Crippen LogP) is 1.38. The van der Waals surface area contributed by atoms with Crippen molar-refractivity contribution in [2.45, 2.75) is 12.6 Å². The number of halogens is 3. The molecule has 0 spiro atoms. The predicted molar refractivity (Wildman–Crippen MR) is 75.3 cm³/mol. The van der Waals surface area contributed by atoms with Crippen molar-refractivity contribution in [2.24, 2.45) is 0 Å². The van der Waals surface area contributed by atoms with Crippen molar-refractivity contribution in [2.75, 3.05) is 39.3 Å². The zero-order chi connectivity index (χ0) is 16.2. The summed E-state index contributed by atoms with van der Waals surface area (Å²) in [6.07, 6.45) is -4.69. The first-order chi connectivity index (χ1) is 10.4. The fraction of sp³-hybridized carbons (Fsp3) is 0.533. The summed E-state index contributed by atoms with van der Waals surface area (Å²) in [5, 5.41) is 8.87. The monoisotopic (exact) mass is 316 g/mol. The standard InChI is InChI=1S/C15H19F3N2O2/c16-15(17,18)13-4-2-1-3-12(13)11-14(22)20-7-5-19(6-8-20)9-10-21/h1-4,21H,5-11H2. The third-order valence-corrected chi connectivity index (χ3v) is 3.81. The van der Waals surface area contributed by atoms with Crippen LogP contribution in [0.2, 0.25) is 0 Å². The lowest BCUT2D eigenvalue weighted by atomic mass is 10.0. The minimum Gasteiger partial charge on any atom is -0.395 e. The molecule has 0 aromatic heterocycles. The zero-order valence-electron chi connectivity index (χ0n) is 12.1. The van der Waals surface area contributed by atoms with Gasteiger partial charge in [0.05, 0.1) is 18.6 Å². The molecule has 4 nitrogen and oxygen atoms in total. The molecule has 0 unspecified atom stereocenters. The number of benzene rings is 1. The van der Waals surface area contributed by atoms with E-state index in [1.165, 1.54) is 18.2 Å². The highest BCUT2D eigenvalue weighted by atomic mass is 19.4. The first kappa shape index (κ1) is 16.8. The molecule has 1 aromatic rings. The van der Waals surface area contributed by atoms with Crippen molar-refractivity contribution >= 4 is 5.91 Å². The molecule has 1 amide bonds. The fourth-order valence-corrected chi connectivity index (χ4v) is 2.59. The van der Waals surface area contributed by atoms with Gasteiger partial charge in [-0.2, -0.15) is 13.2 Å². The summed E-state index contributed by atoms with van der Waals surface area (Å²) in [7, 11) is 0. The number of hydrogen-bond acceptors (Lipinski definition) is 3. The smallest absolute Gasteiger partial charge is 0.395 e. The van der Waals surface area contributed by atoms with Crippen LogP contribution >= 0.6 is 0 Å². The van der Waals surface area contributed by atoms with Crippen LogP contribution in [0.4, 0.5) is 13.2 Å². The lowest BCUT2D eigenvalue weighted by Gasteiger charge is -2.34. The number of aliphatic hydroxyl groups excluding tert-OH is 1. The molecule has 2 rings (SSSR count). The summed E-state index contributed by atoms with van der Waals surface area (Å²) in [6.45, 7) is 2.84. The van der Waals surface area contributed by atoms with Gasteiger partial charge in [-0.3, -0.25) is 9.69 Å². The van der Waals surface area contributed by atoms with E-state index in [-0.39, 0.29) is 24.5 Å². The normalized spacial score (nSPS) is 16.8. The van der Waals surface area contributed by atoms with Crippen LogP contribution in [-0.2, 0) is 17.4 Å². The van der Waals surface area contributed by atoms with Gasteiger partial charge < -0.3 is 10.0 Å². The van der Waals surface area contributed by atoms with Crippen LogP contribution in [0.15, 0.2) is 24.3 Å². The molecule has 1 aliphatic heterocycles. The Kier molecular flexibility index (Phi) is 5.42. The summed E-state index contributed by atoms with van der Waals surface area (Å²) in [5.41, 5.74) is -0.736. The number of alkyl halides is 3. The van der Waals surface area contributed by atoms with Crippen molar-refractivity contribution < 1.29 is 23.1 Å². The second-order valence-corrected chi connectivity index (χ2v) is 5.28. The number of nitrogens with zero attached hydrogens (tertiary/aromatic N) is 2. The first-order valence-electron chi connectivity index (χ1n) is 7.18. The van der Waals surface area contributed by atoms with Crippen LogP contribution in [0.3, 0.4) is 0 Å². The van der Waals surface area contributed by atoms with Crippen LogP contribution in [0.5, 0.6) is 0 Å². The number of amides is 1. The van der Waals surface area contributed by atoms with Gasteiger partial charge in [-0.1, -0.05) is 18.2 Å². The summed E-state index contributed by atoms with van der Waals surface area (Å²) in [5.74, 6) is -0.291. The lowest BCUT2D eigenvalue weighted by molar-refractivity contribution is -0.138. The average molecular weight is 316 g/mol. The fourth-order valence-electron chi connectivity index (χ4n) is 2.59. The van der Waals surface area contributed by atoms with Gasteiger partial charge in [-0.05, 0) is 11.6 Å². The van der Waals surface area contributed by atoms with E-state index < -0.39 is 11.7 Å². The van der Waals surface area contributed by atoms with Crippen molar-refractivity contribution in [3.8, 4) is 0 Å². The molecular weight excluding hydrogens is 297 g/mol. The summed E-state index contributed by atoms with van der Waals surface area (Å²) in [4.78, 5) is 15.8. The lowest BCUT2D eigenvalue weighted by Crippen LogP contribution is -2.49. The maximum Gasteiger partial charge on any atom is 0.416 e. The third-order valence-electron chi connectivity index (χ3n) is 3.81. The van der Waals surface area contributed by atoms with Crippen molar-refractivity contribution in [3.63, 3.8) is 0 Å². The minimum atomic E-state index is -4.45. The van der Waals surface area contributed by atoms with E-state index in [0.29, 0.717) is 32.7 Å². The Balaban J connectivity index is 1.99. The second kappa shape index (κ2) is 7.11. The Morgan fingerprint density at radius 2 is 1.77 bits per heavy atom. The molecule has 1 aromatic carbocycles. The highest BCUT2D eigenvalue weighted by Crippen LogP contribution is 2.32. The Labute approximate surface area is 127 Å². The van der Waals surface area contributed by atoms with Crippen molar-refractivity contribution in [1.29, 1.82) is 0 Å². The Morgan fingerprint density at radius 3 is 2.36 bits per heavy atom. The minimum absolute atomic E-state index is 0.0118. The van der Waals surface area contributed by atoms with Crippen LogP contribution in [0.1, 0.15) is 11.1 Å². The zero-order valence-corrected chi connectivity index (χ0v) is 12.1. The van der Waals surface area contributed by atoms with E-state index in [9.17, 15) is 18.0 Å². The van der Waals surface area contributed by atoms with Gasteiger partial charge in [-0.25, -0.2) is 0 Å². The molecule has 1 N–H and O–H groups in total. The van der Waals surface area contributed by atoms with Crippen molar-refractivity contribution in [3.05, 3.63) is 35.4 Å². The molecule has 0 aliphatic carbocycles. The van der Waals surface area contributed by atoms with E-state index in [1.807, 2.05) is 4.90 Å². The quantitative estimate of drug-likeness (QED) is 0.913. The van der Waals surface area contributed by atoms with Gasteiger partial charge in [0.15, 0.2) is 0 Å². The molecule has 1 fully saturated rings. The van der Waals surface area contributed by atoms with Gasteiger partial charge in [0.1, 0.15) is 0 Å². The highest BCUT2D eigenvalue weighted by molar-refractivity contribution is 5.79. The average Bonchev–Trinajstić information content (AvgIpc) is 2.48. The number of hydrogen-bond donors (Lipinski definition) is 1. The van der Waals surface area contributed by atoms with E-state index in [1.54, 1.807) is 4.90 Å². The molecule has 22 heavy (non-hydrogen) atoms. The maximum absolute atomic E-state index is 12.9. The summed E-state index contributed by atoms with van der Waals surface area (Å²) < 4.78 is 38.8. The topological polar surface area (TPSA) is 43.8 Å². The number of carbonyl (C=O) groups excluding carboxylic acids is 1. The van der Waals surface area contributed by atoms with E-state index >= 15 is 0 Å². The maximum atomic E-state index is 12.9. The molecule has 1 aliphatic rings.